The number of piperidine rings is 1. The van der Waals surface area contributed by atoms with Gasteiger partial charge < -0.3 is 19.5 Å². The molecule has 2 aliphatic heterocycles. The van der Waals surface area contributed by atoms with Crippen LogP contribution in [0.4, 0.5) is 0 Å². The Hall–Kier alpha value is -1.52. The molecule has 1 fully saturated rings. The Kier molecular flexibility index (Phi) is 1.21. The van der Waals surface area contributed by atoms with Gasteiger partial charge in [-0.2, -0.15) is 0 Å². The number of rotatable bonds is 2. The van der Waals surface area contributed by atoms with E-state index in [4.69, 9.17) is 25.6 Å². The number of likely N-dealkylation sites (tertiary alicyclic amines) is 1. The van der Waals surface area contributed by atoms with E-state index in [9.17, 15) is 2.74 Å². The van der Waals surface area contributed by atoms with E-state index in [1.165, 1.54) is 12.1 Å². The van der Waals surface area contributed by atoms with Gasteiger partial charge in [-0.3, -0.25) is 0 Å². The third kappa shape index (κ3) is 1.28. The number of benzene rings is 1. The average molecular weight is 309 g/mol. The van der Waals surface area contributed by atoms with Gasteiger partial charge in [0.25, 0.3) is 0 Å². The highest BCUT2D eigenvalue weighted by atomic mass is 16.5. The number of hydrogen-bond acceptors (Lipinski definition) is 4. The second-order valence-corrected chi connectivity index (χ2v) is 6.17. The van der Waals surface area contributed by atoms with Crippen molar-refractivity contribution in [3.63, 3.8) is 0 Å². The molecule has 2 bridgehead atoms. The largest absolute Gasteiger partial charge is 0.493 e. The zero-order valence-electron chi connectivity index (χ0n) is 21.7. The molecule has 2 heterocycles. The van der Waals surface area contributed by atoms with Crippen molar-refractivity contribution in [1.82, 2.24) is 4.90 Å². The summed E-state index contributed by atoms with van der Waals surface area (Å²) >= 11 is 0. The Labute approximate surface area is 144 Å². The van der Waals surface area contributed by atoms with Gasteiger partial charge in [0.1, 0.15) is 12.2 Å². The minimum absolute atomic E-state index is 0.0335. The van der Waals surface area contributed by atoms with Gasteiger partial charge in [0, 0.05) is 29.7 Å². The van der Waals surface area contributed by atoms with Crippen LogP contribution in [0.2, 0.25) is 0 Å². The molecule has 5 rings (SSSR count). The molecule has 116 valence electrons. The molecule has 1 aromatic carbocycles. The van der Waals surface area contributed by atoms with E-state index in [-0.39, 0.29) is 30.9 Å². The molecular weight excluding hydrogens is 278 g/mol. The van der Waals surface area contributed by atoms with Gasteiger partial charge in [-0.15, -0.1) is 0 Å². The Morgan fingerprint density at radius 2 is 2.55 bits per heavy atom. The maximum absolute atomic E-state index is 9.49. The van der Waals surface area contributed by atoms with Gasteiger partial charge in [-0.05, 0) is 38.0 Å². The van der Waals surface area contributed by atoms with Crippen molar-refractivity contribution in [1.29, 1.82) is 1.43 Å². The highest BCUT2D eigenvalue weighted by molar-refractivity contribution is 5.62. The van der Waals surface area contributed by atoms with Crippen LogP contribution in [-0.2, 0) is 11.8 Å². The molecule has 1 aromatic rings. The van der Waals surface area contributed by atoms with Gasteiger partial charge in [0.15, 0.2) is 11.5 Å². The SMILES string of the molecule is [2H]OC1([2H])C=C[C@]2([2H])[C@@]34CCN(C([2H])([2H])[2H])[C@]2([2H])Cc2ccc(OC([2H])([2H])[2H])c(c23)OC14. The molecule has 0 amide bonds. The molecule has 22 heavy (non-hydrogen) atoms. The van der Waals surface area contributed by atoms with Gasteiger partial charge in [0.2, 0.25) is 1.43 Å². The number of ether oxygens (including phenoxy) is 2. The second kappa shape index (κ2) is 4.06. The lowest BCUT2D eigenvalue weighted by Crippen LogP contribution is -2.64. The first-order valence-electron chi connectivity index (χ1n) is 12.2. The van der Waals surface area contributed by atoms with Crippen LogP contribution in [0.15, 0.2) is 24.3 Å². The average Bonchev–Trinajstić information content (AvgIpc) is 3.01. The molecule has 1 saturated heterocycles. The number of likely N-dealkylation sites (N-methyl/N-ethyl adjacent to an activating group) is 1. The van der Waals surface area contributed by atoms with Crippen LogP contribution in [0.1, 0.15) is 29.9 Å². The Morgan fingerprint density at radius 1 is 1.55 bits per heavy atom. The molecule has 1 N–H and O–H groups in total. The Balaban J connectivity index is 1.83. The fourth-order valence-corrected chi connectivity index (χ4v) is 4.45. The quantitative estimate of drug-likeness (QED) is 0.841. The van der Waals surface area contributed by atoms with E-state index in [0.29, 0.717) is 11.1 Å². The van der Waals surface area contributed by atoms with E-state index in [0.717, 1.165) is 11.0 Å². The van der Waals surface area contributed by atoms with Crippen LogP contribution in [0.25, 0.3) is 0 Å². The molecule has 2 unspecified atom stereocenters. The first-order valence-corrected chi connectivity index (χ1v) is 7.28. The lowest BCUT2D eigenvalue weighted by Gasteiger charge is -2.56. The highest BCUT2D eigenvalue weighted by Crippen LogP contribution is 2.62. The first-order chi connectivity index (χ1) is 14.6. The summed E-state index contributed by atoms with van der Waals surface area (Å²) < 4.78 is 92.6. The van der Waals surface area contributed by atoms with Gasteiger partial charge in [-0.1, -0.05) is 18.2 Å². The first kappa shape index (κ1) is 6.54. The third-order valence-corrected chi connectivity index (χ3v) is 5.32. The van der Waals surface area contributed by atoms with Crippen molar-refractivity contribution in [2.75, 3.05) is 20.6 Å². The fourth-order valence-electron chi connectivity index (χ4n) is 4.45. The molecule has 1 spiro atoms. The molecule has 5 atom stereocenters. The summed E-state index contributed by atoms with van der Waals surface area (Å²) in [6.45, 7) is -2.71. The lowest BCUT2D eigenvalue weighted by atomic mass is 9.53. The number of aliphatic hydroxyl groups is 1. The summed E-state index contributed by atoms with van der Waals surface area (Å²) in [5, 5.41) is 4.72. The van der Waals surface area contributed by atoms with Crippen LogP contribution in [0.5, 0.6) is 11.5 Å². The summed E-state index contributed by atoms with van der Waals surface area (Å²) in [6, 6.07) is 1.01. The minimum Gasteiger partial charge on any atom is -0.493 e. The Bertz CT molecular complexity index is 1030. The monoisotopic (exact) mass is 309 g/mol. The topological polar surface area (TPSA) is 41.9 Å². The van der Waals surface area contributed by atoms with Crippen molar-refractivity contribution in [3.8, 4) is 11.5 Å². The van der Waals surface area contributed by atoms with Gasteiger partial charge in [-0.25, -0.2) is 0 Å². The van der Waals surface area contributed by atoms with Crippen LogP contribution in [0.3, 0.4) is 0 Å². The molecule has 0 radical (unpaired) electrons. The molecule has 4 aliphatic rings. The summed E-state index contributed by atoms with van der Waals surface area (Å²) in [6.07, 6.45) is -0.989. The lowest BCUT2D eigenvalue weighted by molar-refractivity contribution is -0.0453. The van der Waals surface area contributed by atoms with Crippen LogP contribution >= 0.6 is 0 Å². The predicted octanol–water partition coefficient (Wildman–Crippen LogP) is 1.50. The maximum Gasteiger partial charge on any atom is 0.211 e. The van der Waals surface area contributed by atoms with Crippen molar-refractivity contribution in [2.45, 2.75) is 36.5 Å². The van der Waals surface area contributed by atoms with E-state index < -0.39 is 43.5 Å². The molecule has 4 heteroatoms. The smallest absolute Gasteiger partial charge is 0.211 e. The van der Waals surface area contributed by atoms with E-state index in [1.54, 1.807) is 6.07 Å². The summed E-state index contributed by atoms with van der Waals surface area (Å²) in [7, 11) is -2.78. The molecule has 2 aliphatic carbocycles. The second-order valence-electron chi connectivity index (χ2n) is 6.17. The normalized spacial score (nSPS) is 58.8. The van der Waals surface area contributed by atoms with Gasteiger partial charge >= 0.3 is 0 Å². The minimum atomic E-state index is -2.78. The molecule has 4 nitrogen and oxygen atoms in total. The zero-order chi connectivity index (χ0) is 23.5. The van der Waals surface area contributed by atoms with Crippen molar-refractivity contribution >= 4 is 0 Å². The van der Waals surface area contributed by atoms with E-state index in [1.807, 2.05) is 0 Å². The standard InChI is InChI=1S/C18H21NO3/c1-19-8-7-18-11-4-5-13(20)17(18)22-16-14(21-2)6-3-10(15(16)18)9-12(11)19/h3-6,11-13,17,20H,7-9H2,1-2H3/t11-,12+,13?,17?,18-/m0/s1/i1D3,2D3,11D,12D,13D,20D. The maximum atomic E-state index is 9.49. The van der Waals surface area contributed by atoms with E-state index in [2.05, 4.69) is 0 Å². The number of nitrogens with zero attached hydrogens (tertiary/aromatic N) is 1. The van der Waals surface area contributed by atoms with Crippen molar-refractivity contribution in [3.05, 3.63) is 35.4 Å². The third-order valence-electron chi connectivity index (χ3n) is 5.32. The van der Waals surface area contributed by atoms with Crippen LogP contribution in [0, 0.1) is 5.89 Å². The van der Waals surface area contributed by atoms with Gasteiger partial charge in [0.05, 0.1) is 12.5 Å². The predicted molar refractivity (Wildman–Crippen MR) is 82.5 cm³/mol. The number of methoxy groups -OCH3 is 1. The van der Waals surface area contributed by atoms with Crippen molar-refractivity contribution < 1.29 is 26.9 Å². The molecular formula is C18H21NO3. The summed E-state index contributed by atoms with van der Waals surface area (Å²) in [4.78, 5) is 1.03. The van der Waals surface area contributed by atoms with E-state index >= 15 is 0 Å². The van der Waals surface area contributed by atoms with Crippen LogP contribution in [-0.4, -0.2) is 50.2 Å². The highest BCUT2D eigenvalue weighted by Gasteiger charge is 2.64. The molecule has 0 saturated carbocycles. The number of hydrogen-bond donors (Lipinski definition) is 1. The summed E-state index contributed by atoms with van der Waals surface area (Å²) in [5.41, 5.74) is -0.453. The fraction of sp³-hybridized carbons (Fsp3) is 0.556. The zero-order valence-corrected chi connectivity index (χ0v) is 11.7. The summed E-state index contributed by atoms with van der Waals surface area (Å²) in [5.74, 6) is -1.93. The Morgan fingerprint density at radius 3 is 3.41 bits per heavy atom. The van der Waals surface area contributed by atoms with Crippen molar-refractivity contribution in [2.24, 2.45) is 5.89 Å². The molecule has 0 aromatic heterocycles. The van der Waals surface area contributed by atoms with Crippen LogP contribution < -0.4 is 9.47 Å².